The molecule has 1 saturated heterocycles. The number of carbonyl (C=O) groups is 2. The average Bonchev–Trinajstić information content (AvgIpc) is 3.35. The molecule has 25 heavy (non-hydrogen) atoms. The van der Waals surface area contributed by atoms with E-state index in [0.29, 0.717) is 24.5 Å². The number of aryl methyl sites for hydroxylation is 1. The highest BCUT2D eigenvalue weighted by Crippen LogP contribution is 2.11. The third-order valence-corrected chi connectivity index (χ3v) is 3.94. The number of carbonyl (C=O) groups excluding carboxylic acids is 2. The number of rotatable bonds is 7. The molecule has 1 atom stereocenters. The lowest BCUT2D eigenvalue weighted by Crippen LogP contribution is -2.34. The monoisotopic (exact) mass is 346 g/mol. The Balaban J connectivity index is 1.47. The molecule has 0 radical (unpaired) electrons. The van der Waals surface area contributed by atoms with Crippen LogP contribution in [0.4, 0.5) is 5.69 Å². The Morgan fingerprint density at radius 3 is 3.00 bits per heavy atom. The molecular weight excluding hydrogens is 324 g/mol. The first-order chi connectivity index (χ1) is 12.1. The van der Waals surface area contributed by atoms with Gasteiger partial charge < -0.3 is 15.4 Å². The first-order valence-electron chi connectivity index (χ1n) is 8.39. The van der Waals surface area contributed by atoms with Gasteiger partial charge in [0.2, 0.25) is 5.91 Å². The first kappa shape index (κ1) is 17.2. The molecule has 1 aliphatic rings. The number of hydrogen-bond acceptors (Lipinski definition) is 5. The van der Waals surface area contributed by atoms with Gasteiger partial charge in [-0.3, -0.25) is 19.0 Å². The molecule has 1 fully saturated rings. The van der Waals surface area contributed by atoms with Crippen LogP contribution in [0.5, 0.6) is 0 Å². The van der Waals surface area contributed by atoms with Gasteiger partial charge in [0, 0.05) is 32.1 Å². The maximum atomic E-state index is 12.1. The van der Waals surface area contributed by atoms with Gasteiger partial charge in [-0.2, -0.15) is 10.2 Å². The summed E-state index contributed by atoms with van der Waals surface area (Å²) >= 11 is 0. The second kappa shape index (κ2) is 7.93. The lowest BCUT2D eigenvalue weighted by molar-refractivity contribution is -0.122. The molecular formula is C16H22N6O3. The van der Waals surface area contributed by atoms with Crippen LogP contribution in [0.1, 0.15) is 30.3 Å². The molecule has 2 aromatic heterocycles. The lowest BCUT2D eigenvalue weighted by atomic mass is 10.2. The van der Waals surface area contributed by atoms with E-state index in [-0.39, 0.29) is 24.5 Å². The van der Waals surface area contributed by atoms with Crippen molar-refractivity contribution < 1.29 is 14.3 Å². The number of ether oxygens (including phenoxy) is 1. The van der Waals surface area contributed by atoms with E-state index in [9.17, 15) is 9.59 Å². The van der Waals surface area contributed by atoms with Crippen molar-refractivity contribution in [3.8, 4) is 0 Å². The van der Waals surface area contributed by atoms with Crippen LogP contribution in [0.3, 0.4) is 0 Å². The number of nitrogens with one attached hydrogen (secondary N) is 2. The van der Waals surface area contributed by atoms with Gasteiger partial charge in [0.15, 0.2) is 5.69 Å². The van der Waals surface area contributed by atoms with Crippen molar-refractivity contribution in [2.24, 2.45) is 0 Å². The van der Waals surface area contributed by atoms with Gasteiger partial charge in [0.05, 0.1) is 18.0 Å². The van der Waals surface area contributed by atoms with E-state index in [1.54, 1.807) is 23.1 Å². The molecule has 1 aliphatic heterocycles. The second-order valence-electron chi connectivity index (χ2n) is 5.88. The zero-order valence-corrected chi connectivity index (χ0v) is 14.1. The quantitative estimate of drug-likeness (QED) is 0.766. The standard InChI is InChI=1S/C16H22N6O3/c1-2-21-6-5-14(20-21)16(24)19-12-8-18-22(10-12)11-15(23)17-9-13-4-3-7-25-13/h5-6,8,10,13H,2-4,7,9,11H2,1H3,(H,17,23)(H,19,24)/t13-/m1/s1. The van der Waals surface area contributed by atoms with Gasteiger partial charge in [0.1, 0.15) is 6.54 Å². The Morgan fingerprint density at radius 2 is 2.28 bits per heavy atom. The highest BCUT2D eigenvalue weighted by atomic mass is 16.5. The fraction of sp³-hybridized carbons (Fsp3) is 0.500. The van der Waals surface area contributed by atoms with E-state index in [1.807, 2.05) is 6.92 Å². The van der Waals surface area contributed by atoms with Gasteiger partial charge in [-0.15, -0.1) is 0 Å². The summed E-state index contributed by atoms with van der Waals surface area (Å²) in [5, 5.41) is 13.8. The summed E-state index contributed by atoms with van der Waals surface area (Å²) in [5.41, 5.74) is 0.854. The van der Waals surface area contributed by atoms with Crippen LogP contribution in [-0.2, 0) is 22.6 Å². The molecule has 9 nitrogen and oxygen atoms in total. The molecule has 0 bridgehead atoms. The van der Waals surface area contributed by atoms with Crippen molar-refractivity contribution in [1.82, 2.24) is 24.9 Å². The Bertz CT molecular complexity index is 732. The van der Waals surface area contributed by atoms with Gasteiger partial charge in [0.25, 0.3) is 5.91 Å². The fourth-order valence-corrected chi connectivity index (χ4v) is 2.60. The normalized spacial score (nSPS) is 16.8. The topological polar surface area (TPSA) is 103 Å². The molecule has 3 rings (SSSR count). The number of anilines is 1. The summed E-state index contributed by atoms with van der Waals surface area (Å²) in [6, 6.07) is 1.65. The molecule has 2 N–H and O–H groups in total. The van der Waals surface area contributed by atoms with Crippen molar-refractivity contribution in [2.45, 2.75) is 39.0 Å². The molecule has 0 saturated carbocycles. The van der Waals surface area contributed by atoms with Crippen LogP contribution in [0, 0.1) is 0 Å². The molecule has 134 valence electrons. The predicted molar refractivity (Wildman–Crippen MR) is 90.1 cm³/mol. The smallest absolute Gasteiger partial charge is 0.276 e. The molecule has 3 heterocycles. The number of amides is 2. The van der Waals surface area contributed by atoms with Crippen molar-refractivity contribution in [2.75, 3.05) is 18.5 Å². The Kier molecular flexibility index (Phi) is 5.44. The largest absolute Gasteiger partial charge is 0.376 e. The van der Waals surface area contributed by atoms with Crippen LogP contribution in [-0.4, -0.2) is 50.6 Å². The molecule has 2 aromatic rings. The lowest BCUT2D eigenvalue weighted by Gasteiger charge is -2.10. The van der Waals surface area contributed by atoms with Crippen molar-refractivity contribution in [3.63, 3.8) is 0 Å². The van der Waals surface area contributed by atoms with E-state index >= 15 is 0 Å². The average molecular weight is 346 g/mol. The van der Waals surface area contributed by atoms with Crippen LogP contribution in [0.15, 0.2) is 24.7 Å². The van der Waals surface area contributed by atoms with Crippen LogP contribution in [0.25, 0.3) is 0 Å². The summed E-state index contributed by atoms with van der Waals surface area (Å²) < 4.78 is 8.62. The third-order valence-electron chi connectivity index (χ3n) is 3.94. The summed E-state index contributed by atoms with van der Waals surface area (Å²) in [6.45, 7) is 4.02. The summed E-state index contributed by atoms with van der Waals surface area (Å²) in [4.78, 5) is 24.0. The van der Waals surface area contributed by atoms with Crippen molar-refractivity contribution in [1.29, 1.82) is 0 Å². The maximum absolute atomic E-state index is 12.1. The molecule has 2 amide bonds. The summed E-state index contributed by atoms with van der Waals surface area (Å²) in [6.07, 6.45) is 6.99. The first-order valence-corrected chi connectivity index (χ1v) is 8.39. The molecule has 0 unspecified atom stereocenters. The third kappa shape index (κ3) is 4.66. The Morgan fingerprint density at radius 1 is 1.40 bits per heavy atom. The van der Waals surface area contributed by atoms with Gasteiger partial charge in [-0.25, -0.2) is 0 Å². The highest BCUT2D eigenvalue weighted by molar-refractivity contribution is 6.02. The number of hydrogen-bond donors (Lipinski definition) is 2. The van der Waals surface area contributed by atoms with Gasteiger partial charge >= 0.3 is 0 Å². The van der Waals surface area contributed by atoms with E-state index in [1.165, 1.54) is 10.9 Å². The fourth-order valence-electron chi connectivity index (χ4n) is 2.60. The molecule has 0 aliphatic carbocycles. The zero-order chi connectivity index (χ0) is 17.6. The molecule has 0 aromatic carbocycles. The van der Waals surface area contributed by atoms with Crippen molar-refractivity contribution >= 4 is 17.5 Å². The minimum absolute atomic E-state index is 0.0903. The van der Waals surface area contributed by atoms with Crippen LogP contribution >= 0.6 is 0 Å². The number of nitrogens with zero attached hydrogens (tertiary/aromatic N) is 4. The van der Waals surface area contributed by atoms with E-state index in [4.69, 9.17) is 4.74 Å². The second-order valence-corrected chi connectivity index (χ2v) is 5.88. The SMILES string of the molecule is CCn1ccc(C(=O)Nc2cnn(CC(=O)NC[C@H]3CCCO3)c2)n1. The summed E-state index contributed by atoms with van der Waals surface area (Å²) in [7, 11) is 0. The number of aromatic nitrogens is 4. The molecule has 9 heteroatoms. The molecule has 0 spiro atoms. The van der Waals surface area contributed by atoms with Crippen LogP contribution < -0.4 is 10.6 Å². The van der Waals surface area contributed by atoms with E-state index < -0.39 is 0 Å². The Labute approximate surface area is 145 Å². The predicted octanol–water partition coefficient (Wildman–Crippen LogP) is 0.647. The maximum Gasteiger partial charge on any atom is 0.276 e. The van der Waals surface area contributed by atoms with Gasteiger partial charge in [-0.1, -0.05) is 0 Å². The van der Waals surface area contributed by atoms with E-state index in [0.717, 1.165) is 19.4 Å². The van der Waals surface area contributed by atoms with Crippen molar-refractivity contribution in [3.05, 3.63) is 30.4 Å². The highest BCUT2D eigenvalue weighted by Gasteiger charge is 2.16. The zero-order valence-electron chi connectivity index (χ0n) is 14.1. The van der Waals surface area contributed by atoms with Gasteiger partial charge in [-0.05, 0) is 25.8 Å². The van der Waals surface area contributed by atoms with E-state index in [2.05, 4.69) is 20.8 Å². The minimum atomic E-state index is -0.311. The Hall–Kier alpha value is -2.68. The minimum Gasteiger partial charge on any atom is -0.376 e. The van der Waals surface area contributed by atoms with Crippen LogP contribution in [0.2, 0.25) is 0 Å². The summed E-state index contributed by atoms with van der Waals surface area (Å²) in [5.74, 6) is -0.451.